The van der Waals surface area contributed by atoms with Gasteiger partial charge in [0.25, 0.3) is 0 Å². The number of aryl methyl sites for hydroxylation is 1. The van der Waals surface area contributed by atoms with Crippen LogP contribution in [0.15, 0.2) is 10.5 Å². The standard InChI is InChI=1S/C6H7BrS2/c1-4-2-5(7)6(3-8)9-4/h2,8H,3H2,1H3. The molecule has 0 aliphatic rings. The van der Waals surface area contributed by atoms with Gasteiger partial charge in [0, 0.05) is 20.0 Å². The van der Waals surface area contributed by atoms with Gasteiger partial charge in [-0.05, 0) is 28.9 Å². The molecule has 0 spiro atoms. The molecule has 9 heavy (non-hydrogen) atoms. The van der Waals surface area contributed by atoms with Gasteiger partial charge < -0.3 is 0 Å². The molecule has 0 bridgehead atoms. The summed E-state index contributed by atoms with van der Waals surface area (Å²) in [5.74, 6) is 0.832. The first kappa shape index (κ1) is 7.63. The van der Waals surface area contributed by atoms with Crippen molar-refractivity contribution in [1.82, 2.24) is 0 Å². The Labute approximate surface area is 72.8 Å². The Morgan fingerprint density at radius 3 is 2.67 bits per heavy atom. The third kappa shape index (κ3) is 1.72. The topological polar surface area (TPSA) is 0 Å². The van der Waals surface area contributed by atoms with Crippen molar-refractivity contribution in [3.05, 3.63) is 20.3 Å². The Balaban J connectivity index is 3.01. The van der Waals surface area contributed by atoms with Crippen LogP contribution in [0.25, 0.3) is 0 Å². The molecule has 1 aromatic heterocycles. The average molecular weight is 223 g/mol. The number of thiophene rings is 1. The van der Waals surface area contributed by atoms with Crippen LogP contribution in [-0.4, -0.2) is 0 Å². The molecule has 1 heterocycles. The van der Waals surface area contributed by atoms with Crippen molar-refractivity contribution < 1.29 is 0 Å². The van der Waals surface area contributed by atoms with E-state index in [-0.39, 0.29) is 0 Å². The summed E-state index contributed by atoms with van der Waals surface area (Å²) in [5.41, 5.74) is 0. The molecule has 0 aliphatic carbocycles. The smallest absolute Gasteiger partial charge is 0.0325 e. The first-order valence-electron chi connectivity index (χ1n) is 2.59. The summed E-state index contributed by atoms with van der Waals surface area (Å²) < 4.78 is 1.19. The minimum atomic E-state index is 0.832. The lowest BCUT2D eigenvalue weighted by atomic mass is 10.5. The molecule has 0 atom stereocenters. The zero-order chi connectivity index (χ0) is 6.85. The molecule has 0 saturated carbocycles. The number of hydrogen-bond donors (Lipinski definition) is 1. The second kappa shape index (κ2) is 3.08. The fourth-order valence-electron chi connectivity index (χ4n) is 0.639. The Morgan fingerprint density at radius 2 is 2.44 bits per heavy atom. The van der Waals surface area contributed by atoms with Crippen LogP contribution >= 0.6 is 39.9 Å². The van der Waals surface area contributed by atoms with Gasteiger partial charge in [-0.15, -0.1) is 11.3 Å². The summed E-state index contributed by atoms with van der Waals surface area (Å²) in [7, 11) is 0. The summed E-state index contributed by atoms with van der Waals surface area (Å²) in [6.45, 7) is 2.10. The van der Waals surface area contributed by atoms with Crippen molar-refractivity contribution in [2.45, 2.75) is 12.7 Å². The highest BCUT2D eigenvalue weighted by molar-refractivity contribution is 9.10. The van der Waals surface area contributed by atoms with E-state index in [4.69, 9.17) is 0 Å². The van der Waals surface area contributed by atoms with Gasteiger partial charge in [0.2, 0.25) is 0 Å². The maximum absolute atomic E-state index is 4.17. The lowest BCUT2D eigenvalue weighted by Crippen LogP contribution is -1.64. The van der Waals surface area contributed by atoms with Gasteiger partial charge in [0.05, 0.1) is 0 Å². The van der Waals surface area contributed by atoms with Crippen molar-refractivity contribution >= 4 is 39.9 Å². The molecular formula is C6H7BrS2. The summed E-state index contributed by atoms with van der Waals surface area (Å²) in [6.07, 6.45) is 0. The maximum atomic E-state index is 4.17. The molecule has 0 unspecified atom stereocenters. The third-order valence-electron chi connectivity index (χ3n) is 1.02. The lowest BCUT2D eigenvalue weighted by molar-refractivity contribution is 1.52. The third-order valence-corrected chi connectivity index (χ3v) is 3.57. The SMILES string of the molecule is Cc1cc(Br)c(CS)s1. The highest BCUT2D eigenvalue weighted by atomic mass is 79.9. The van der Waals surface area contributed by atoms with E-state index in [1.807, 2.05) is 0 Å². The molecule has 1 rings (SSSR count). The van der Waals surface area contributed by atoms with Crippen LogP contribution in [0.3, 0.4) is 0 Å². The average Bonchev–Trinajstić information content (AvgIpc) is 2.10. The molecule has 0 radical (unpaired) electrons. The minimum Gasteiger partial charge on any atom is -0.174 e. The molecule has 0 nitrogen and oxygen atoms in total. The van der Waals surface area contributed by atoms with Crippen molar-refractivity contribution in [3.8, 4) is 0 Å². The second-order valence-electron chi connectivity index (χ2n) is 1.79. The molecule has 0 fully saturated rings. The van der Waals surface area contributed by atoms with E-state index in [0.717, 1.165) is 5.75 Å². The van der Waals surface area contributed by atoms with Gasteiger partial charge in [-0.1, -0.05) is 0 Å². The molecule has 50 valence electrons. The van der Waals surface area contributed by atoms with Gasteiger partial charge in [0.1, 0.15) is 0 Å². The molecule has 0 aromatic carbocycles. The summed E-state index contributed by atoms with van der Waals surface area (Å²) in [5, 5.41) is 0. The van der Waals surface area contributed by atoms with Crippen LogP contribution in [0.5, 0.6) is 0 Å². The number of rotatable bonds is 1. The number of hydrogen-bond acceptors (Lipinski definition) is 2. The summed E-state index contributed by atoms with van der Waals surface area (Å²) in [6, 6.07) is 2.12. The fraction of sp³-hybridized carbons (Fsp3) is 0.333. The van der Waals surface area contributed by atoms with Gasteiger partial charge in [0.15, 0.2) is 0 Å². The molecular weight excluding hydrogens is 216 g/mol. The predicted octanol–water partition coefficient (Wildman–Crippen LogP) is 3.25. The van der Waals surface area contributed by atoms with E-state index in [9.17, 15) is 0 Å². The van der Waals surface area contributed by atoms with Gasteiger partial charge in [-0.3, -0.25) is 0 Å². The van der Waals surface area contributed by atoms with Crippen molar-refractivity contribution in [2.24, 2.45) is 0 Å². The van der Waals surface area contributed by atoms with Gasteiger partial charge in [-0.25, -0.2) is 0 Å². The van der Waals surface area contributed by atoms with Crippen molar-refractivity contribution in [1.29, 1.82) is 0 Å². The van der Waals surface area contributed by atoms with Gasteiger partial charge >= 0.3 is 0 Å². The van der Waals surface area contributed by atoms with Gasteiger partial charge in [-0.2, -0.15) is 12.6 Å². The molecule has 0 N–H and O–H groups in total. The van der Waals surface area contributed by atoms with E-state index in [2.05, 4.69) is 41.5 Å². The lowest BCUT2D eigenvalue weighted by Gasteiger charge is -1.85. The summed E-state index contributed by atoms with van der Waals surface area (Å²) in [4.78, 5) is 2.65. The van der Waals surface area contributed by atoms with Crippen LogP contribution < -0.4 is 0 Å². The van der Waals surface area contributed by atoms with E-state index in [0.29, 0.717) is 0 Å². The molecule has 3 heteroatoms. The molecule has 0 saturated heterocycles. The van der Waals surface area contributed by atoms with Crippen LogP contribution in [0, 0.1) is 6.92 Å². The highest BCUT2D eigenvalue weighted by Crippen LogP contribution is 2.27. The zero-order valence-electron chi connectivity index (χ0n) is 5.02. The van der Waals surface area contributed by atoms with E-state index >= 15 is 0 Å². The van der Waals surface area contributed by atoms with Crippen molar-refractivity contribution in [3.63, 3.8) is 0 Å². The van der Waals surface area contributed by atoms with E-state index in [1.165, 1.54) is 14.2 Å². The van der Waals surface area contributed by atoms with E-state index < -0.39 is 0 Å². The molecule has 0 aliphatic heterocycles. The van der Waals surface area contributed by atoms with Crippen LogP contribution in [0.4, 0.5) is 0 Å². The Hall–Kier alpha value is 0.530. The molecule has 0 amide bonds. The Bertz CT molecular complexity index is 205. The predicted molar refractivity (Wildman–Crippen MR) is 49.4 cm³/mol. The fourth-order valence-corrected chi connectivity index (χ4v) is 2.88. The molecule has 1 aromatic rings. The highest BCUT2D eigenvalue weighted by Gasteiger charge is 2.00. The monoisotopic (exact) mass is 222 g/mol. The summed E-state index contributed by atoms with van der Waals surface area (Å²) >= 11 is 9.40. The Morgan fingerprint density at radius 1 is 1.78 bits per heavy atom. The first-order valence-corrected chi connectivity index (χ1v) is 4.84. The minimum absolute atomic E-state index is 0.832. The van der Waals surface area contributed by atoms with Crippen LogP contribution in [-0.2, 0) is 5.75 Å². The quantitative estimate of drug-likeness (QED) is 0.694. The largest absolute Gasteiger partial charge is 0.174 e. The maximum Gasteiger partial charge on any atom is 0.0325 e. The Kier molecular flexibility index (Phi) is 2.61. The first-order chi connectivity index (χ1) is 4.24. The zero-order valence-corrected chi connectivity index (χ0v) is 8.31. The van der Waals surface area contributed by atoms with E-state index in [1.54, 1.807) is 11.3 Å². The second-order valence-corrected chi connectivity index (χ2v) is 4.30. The van der Waals surface area contributed by atoms with Crippen LogP contribution in [0.2, 0.25) is 0 Å². The normalized spacial score (nSPS) is 10.1. The van der Waals surface area contributed by atoms with Crippen LogP contribution in [0.1, 0.15) is 9.75 Å². The number of halogens is 1. The number of thiol groups is 1. The van der Waals surface area contributed by atoms with Crippen molar-refractivity contribution in [2.75, 3.05) is 0 Å².